The van der Waals surface area contributed by atoms with E-state index in [4.69, 9.17) is 23.2 Å². The molecule has 0 bridgehead atoms. The molecule has 3 aromatic rings. The Kier molecular flexibility index (Phi) is 4.51. The molecule has 2 heterocycles. The Morgan fingerprint density at radius 2 is 2.12 bits per heavy atom. The summed E-state index contributed by atoms with van der Waals surface area (Å²) in [5.74, 6) is -1.03. The van der Waals surface area contributed by atoms with E-state index in [1.165, 1.54) is 12.3 Å². The molecular weight excluding hydrogens is 351 g/mol. The number of aryl methyl sites for hydroxylation is 1. The van der Waals surface area contributed by atoms with E-state index in [1.54, 1.807) is 19.1 Å². The summed E-state index contributed by atoms with van der Waals surface area (Å²) in [5.41, 5.74) is 2.20. The molecule has 0 atom stereocenters. The molecular formula is C16H12Cl2N4O2. The van der Waals surface area contributed by atoms with Crippen LogP contribution in [0.1, 0.15) is 21.7 Å². The number of hydrogen-bond acceptors (Lipinski definition) is 4. The van der Waals surface area contributed by atoms with Crippen molar-refractivity contribution in [1.82, 2.24) is 15.2 Å². The van der Waals surface area contributed by atoms with Crippen molar-refractivity contribution in [3.8, 4) is 0 Å². The third kappa shape index (κ3) is 2.98. The highest BCUT2D eigenvalue weighted by molar-refractivity contribution is 6.32. The molecule has 0 aliphatic rings. The van der Waals surface area contributed by atoms with Gasteiger partial charge in [-0.1, -0.05) is 23.7 Å². The van der Waals surface area contributed by atoms with Gasteiger partial charge in [0.1, 0.15) is 11.6 Å². The molecule has 24 heavy (non-hydrogen) atoms. The molecule has 0 fully saturated rings. The molecule has 2 N–H and O–H groups in total. The van der Waals surface area contributed by atoms with Crippen LogP contribution in [0.25, 0.3) is 10.9 Å². The van der Waals surface area contributed by atoms with Gasteiger partial charge in [-0.25, -0.2) is 4.98 Å². The second-order valence-corrected chi connectivity index (χ2v) is 5.80. The number of nitrogens with zero attached hydrogens (tertiary/aromatic N) is 2. The van der Waals surface area contributed by atoms with Gasteiger partial charge in [0.05, 0.1) is 21.9 Å². The van der Waals surface area contributed by atoms with Crippen LogP contribution in [0.15, 0.2) is 30.5 Å². The van der Waals surface area contributed by atoms with E-state index in [2.05, 4.69) is 20.5 Å². The predicted molar refractivity (Wildman–Crippen MR) is 92.9 cm³/mol. The number of carbonyl (C=O) groups is 2. The van der Waals surface area contributed by atoms with Gasteiger partial charge < -0.3 is 5.32 Å². The number of anilines is 1. The summed E-state index contributed by atoms with van der Waals surface area (Å²) < 4.78 is 0. The Labute approximate surface area is 147 Å². The molecule has 0 saturated heterocycles. The molecule has 1 aromatic carbocycles. The summed E-state index contributed by atoms with van der Waals surface area (Å²) in [6.45, 7) is 1.81. The van der Waals surface area contributed by atoms with Crippen molar-refractivity contribution in [2.45, 2.75) is 6.92 Å². The van der Waals surface area contributed by atoms with Crippen LogP contribution >= 0.6 is 23.2 Å². The second kappa shape index (κ2) is 6.59. The Balaban J connectivity index is 2.12. The summed E-state index contributed by atoms with van der Waals surface area (Å²) in [7, 11) is 0. The van der Waals surface area contributed by atoms with Crippen molar-refractivity contribution in [3.63, 3.8) is 0 Å². The first-order valence-corrected chi connectivity index (χ1v) is 7.92. The van der Waals surface area contributed by atoms with E-state index in [1.807, 2.05) is 6.07 Å². The van der Waals surface area contributed by atoms with E-state index in [0.29, 0.717) is 21.7 Å². The van der Waals surface area contributed by atoms with Crippen molar-refractivity contribution in [2.75, 3.05) is 11.2 Å². The molecule has 1 amide bonds. The average molecular weight is 363 g/mol. The standard InChI is InChI=1S/C16H12Cl2N4O2/c1-8-14-10(3-2-4-11(14)22-21-8)16(24)15-12(20-13(23)6-17)5-9(18)7-19-15/h2-5,7H,6H2,1H3,(H,20,23)(H,21,22). The van der Waals surface area contributed by atoms with Crippen molar-refractivity contribution >= 4 is 51.5 Å². The van der Waals surface area contributed by atoms with Gasteiger partial charge in [-0.15, -0.1) is 11.6 Å². The lowest BCUT2D eigenvalue weighted by atomic mass is 10.0. The summed E-state index contributed by atoms with van der Waals surface area (Å²) in [4.78, 5) is 28.7. The summed E-state index contributed by atoms with van der Waals surface area (Å²) in [5, 5.41) is 10.6. The van der Waals surface area contributed by atoms with E-state index in [0.717, 1.165) is 5.52 Å². The van der Waals surface area contributed by atoms with Crippen LogP contribution in [0, 0.1) is 6.92 Å². The number of hydrogen-bond donors (Lipinski definition) is 2. The van der Waals surface area contributed by atoms with Crippen LogP contribution < -0.4 is 5.32 Å². The molecule has 0 spiro atoms. The molecule has 3 rings (SSSR count). The van der Waals surface area contributed by atoms with E-state index < -0.39 is 5.91 Å². The van der Waals surface area contributed by atoms with Crippen LogP contribution in [-0.4, -0.2) is 32.8 Å². The zero-order valence-electron chi connectivity index (χ0n) is 12.6. The van der Waals surface area contributed by atoms with Gasteiger partial charge in [-0.2, -0.15) is 5.10 Å². The van der Waals surface area contributed by atoms with Crippen molar-refractivity contribution in [2.24, 2.45) is 0 Å². The number of aromatic amines is 1. The van der Waals surface area contributed by atoms with Gasteiger partial charge in [-0.3, -0.25) is 14.7 Å². The van der Waals surface area contributed by atoms with Gasteiger partial charge in [0, 0.05) is 17.1 Å². The quantitative estimate of drug-likeness (QED) is 0.550. The largest absolute Gasteiger partial charge is 0.323 e. The van der Waals surface area contributed by atoms with Crippen LogP contribution in [-0.2, 0) is 4.79 Å². The van der Waals surface area contributed by atoms with Crippen LogP contribution in [0.5, 0.6) is 0 Å². The maximum Gasteiger partial charge on any atom is 0.239 e. The van der Waals surface area contributed by atoms with Crippen molar-refractivity contribution in [3.05, 3.63) is 52.4 Å². The number of amides is 1. The minimum atomic E-state index is -0.451. The Bertz CT molecular complexity index is 952. The van der Waals surface area contributed by atoms with Gasteiger partial charge in [-0.05, 0) is 19.1 Å². The minimum absolute atomic E-state index is 0.0889. The first kappa shape index (κ1) is 16.4. The maximum absolute atomic E-state index is 13.0. The highest BCUT2D eigenvalue weighted by Crippen LogP contribution is 2.26. The van der Waals surface area contributed by atoms with Crippen LogP contribution in [0.4, 0.5) is 5.69 Å². The summed E-state index contributed by atoms with van der Waals surface area (Å²) in [6, 6.07) is 6.74. The normalized spacial score (nSPS) is 10.8. The Morgan fingerprint density at radius 1 is 1.33 bits per heavy atom. The number of aromatic nitrogens is 3. The number of halogens is 2. The molecule has 122 valence electrons. The lowest BCUT2D eigenvalue weighted by Crippen LogP contribution is -2.17. The molecule has 8 heteroatoms. The van der Waals surface area contributed by atoms with Crippen molar-refractivity contribution < 1.29 is 9.59 Å². The number of pyridine rings is 1. The lowest BCUT2D eigenvalue weighted by Gasteiger charge is -2.10. The SMILES string of the molecule is Cc1n[nH]c2cccc(C(=O)c3ncc(Cl)cc3NC(=O)CCl)c12. The number of nitrogens with one attached hydrogen (secondary N) is 2. The van der Waals surface area contributed by atoms with E-state index >= 15 is 0 Å². The fourth-order valence-electron chi connectivity index (χ4n) is 2.45. The van der Waals surface area contributed by atoms with Gasteiger partial charge in [0.15, 0.2) is 0 Å². The van der Waals surface area contributed by atoms with Crippen LogP contribution in [0.2, 0.25) is 5.02 Å². The smallest absolute Gasteiger partial charge is 0.239 e. The first-order chi connectivity index (χ1) is 11.5. The number of carbonyl (C=O) groups excluding carboxylic acids is 2. The number of fused-ring (bicyclic) bond motifs is 1. The molecule has 0 aliphatic carbocycles. The topological polar surface area (TPSA) is 87.7 Å². The Hall–Kier alpha value is -2.44. The van der Waals surface area contributed by atoms with Gasteiger partial charge in [0.25, 0.3) is 0 Å². The van der Waals surface area contributed by atoms with E-state index in [9.17, 15) is 9.59 Å². The maximum atomic E-state index is 13.0. The van der Waals surface area contributed by atoms with Gasteiger partial charge >= 0.3 is 0 Å². The number of H-pyrrole nitrogens is 1. The highest BCUT2D eigenvalue weighted by Gasteiger charge is 2.21. The third-order valence-electron chi connectivity index (χ3n) is 3.48. The molecule has 0 saturated carbocycles. The fourth-order valence-corrected chi connectivity index (χ4v) is 2.68. The fraction of sp³-hybridized carbons (Fsp3) is 0.125. The molecule has 2 aromatic heterocycles. The van der Waals surface area contributed by atoms with E-state index in [-0.39, 0.29) is 23.0 Å². The molecule has 0 aliphatic heterocycles. The number of benzene rings is 1. The number of ketones is 1. The van der Waals surface area contributed by atoms with Crippen LogP contribution in [0.3, 0.4) is 0 Å². The predicted octanol–water partition coefficient (Wildman–Crippen LogP) is 3.33. The Morgan fingerprint density at radius 3 is 2.88 bits per heavy atom. The average Bonchev–Trinajstić information content (AvgIpc) is 2.96. The lowest BCUT2D eigenvalue weighted by molar-refractivity contribution is -0.113. The molecule has 0 radical (unpaired) electrons. The number of alkyl halides is 1. The zero-order valence-corrected chi connectivity index (χ0v) is 14.1. The van der Waals surface area contributed by atoms with Crippen molar-refractivity contribution in [1.29, 1.82) is 0 Å². The van der Waals surface area contributed by atoms with Gasteiger partial charge in [0.2, 0.25) is 11.7 Å². The summed E-state index contributed by atoms with van der Waals surface area (Å²) in [6.07, 6.45) is 1.35. The summed E-state index contributed by atoms with van der Waals surface area (Å²) >= 11 is 11.4. The number of rotatable bonds is 4. The second-order valence-electron chi connectivity index (χ2n) is 5.10. The molecule has 6 nitrogen and oxygen atoms in total. The zero-order chi connectivity index (χ0) is 17.3. The molecule has 0 unspecified atom stereocenters. The monoisotopic (exact) mass is 362 g/mol. The first-order valence-electron chi connectivity index (χ1n) is 7.01. The highest BCUT2D eigenvalue weighted by atomic mass is 35.5. The third-order valence-corrected chi connectivity index (χ3v) is 3.93. The minimum Gasteiger partial charge on any atom is -0.323 e.